The maximum atomic E-state index is 12.7. The zero-order valence-corrected chi connectivity index (χ0v) is 15.5. The van der Waals surface area contributed by atoms with Crippen LogP contribution in [0.4, 0.5) is 4.79 Å². The van der Waals surface area contributed by atoms with E-state index < -0.39 is 6.09 Å². The molecule has 3 rings (SSSR count). The molecule has 7 nitrogen and oxygen atoms in total. The molecule has 0 saturated carbocycles. The van der Waals surface area contributed by atoms with E-state index in [0.717, 1.165) is 11.1 Å². The summed E-state index contributed by atoms with van der Waals surface area (Å²) in [6, 6.07) is 18.7. The lowest BCUT2D eigenvalue weighted by atomic mass is 10.0. The Morgan fingerprint density at radius 2 is 1.79 bits per heavy atom. The summed E-state index contributed by atoms with van der Waals surface area (Å²) in [6.45, 7) is 0.198. The molecule has 0 N–H and O–H groups in total. The Morgan fingerprint density at radius 3 is 2.43 bits per heavy atom. The summed E-state index contributed by atoms with van der Waals surface area (Å²) in [7, 11) is 0. The molecule has 0 aliphatic carbocycles. The predicted octanol–water partition coefficient (Wildman–Crippen LogP) is 4.28. The molecule has 0 bridgehead atoms. The van der Waals surface area contributed by atoms with Crippen molar-refractivity contribution in [1.82, 2.24) is 4.90 Å². The molecule has 0 spiro atoms. The summed E-state index contributed by atoms with van der Waals surface area (Å²) in [5.74, 6) is -0.297. The highest BCUT2D eigenvalue weighted by molar-refractivity contribution is 5.93. The van der Waals surface area contributed by atoms with Gasteiger partial charge in [-0.1, -0.05) is 65.8 Å². The van der Waals surface area contributed by atoms with E-state index in [2.05, 4.69) is 10.0 Å². The summed E-state index contributed by atoms with van der Waals surface area (Å²) in [4.78, 5) is 28.9. The Morgan fingerprint density at radius 1 is 1.14 bits per heavy atom. The van der Waals surface area contributed by atoms with Crippen LogP contribution >= 0.6 is 0 Å². The fraction of sp³-hybridized carbons (Fsp3) is 0.333. The van der Waals surface area contributed by atoms with Gasteiger partial charge in [0.15, 0.2) is 0 Å². The number of imide groups is 1. The minimum atomic E-state index is -0.602. The van der Waals surface area contributed by atoms with Gasteiger partial charge in [0.25, 0.3) is 0 Å². The molecular weight excluding hydrogens is 356 g/mol. The van der Waals surface area contributed by atoms with Gasteiger partial charge in [-0.15, -0.1) is 0 Å². The largest absolute Gasteiger partial charge is 0.447 e. The number of azide groups is 1. The molecule has 7 heteroatoms. The van der Waals surface area contributed by atoms with Crippen LogP contribution in [0.25, 0.3) is 10.4 Å². The average molecular weight is 378 g/mol. The van der Waals surface area contributed by atoms with Crippen LogP contribution in [0.5, 0.6) is 0 Å². The van der Waals surface area contributed by atoms with Crippen molar-refractivity contribution < 1.29 is 14.3 Å². The number of rotatable bonds is 8. The van der Waals surface area contributed by atoms with Gasteiger partial charge < -0.3 is 4.74 Å². The third-order valence-corrected chi connectivity index (χ3v) is 4.76. The van der Waals surface area contributed by atoms with Crippen molar-refractivity contribution in [2.24, 2.45) is 5.11 Å². The molecule has 2 aromatic carbocycles. The van der Waals surface area contributed by atoms with Gasteiger partial charge in [-0.05, 0) is 35.9 Å². The number of cyclic esters (lactones) is 1. The second-order valence-corrected chi connectivity index (χ2v) is 6.77. The van der Waals surface area contributed by atoms with Crippen molar-refractivity contribution in [1.29, 1.82) is 0 Å². The predicted molar refractivity (Wildman–Crippen MR) is 104 cm³/mol. The fourth-order valence-corrected chi connectivity index (χ4v) is 3.37. The first kappa shape index (κ1) is 19.5. The molecule has 1 aliphatic rings. The van der Waals surface area contributed by atoms with Gasteiger partial charge >= 0.3 is 6.09 Å². The van der Waals surface area contributed by atoms with Gasteiger partial charge in [-0.25, -0.2) is 9.69 Å². The molecular formula is C21H22N4O3. The van der Waals surface area contributed by atoms with Crippen LogP contribution in [0.15, 0.2) is 65.8 Å². The van der Waals surface area contributed by atoms with Crippen molar-refractivity contribution in [3.05, 3.63) is 82.2 Å². The van der Waals surface area contributed by atoms with Crippen molar-refractivity contribution in [2.45, 2.75) is 37.8 Å². The van der Waals surface area contributed by atoms with Crippen LogP contribution in [0.2, 0.25) is 0 Å². The number of carbonyl (C=O) groups is 2. The number of nitrogens with zero attached hydrogens (tertiary/aromatic N) is 4. The quantitative estimate of drug-likeness (QED) is 0.390. The lowest BCUT2D eigenvalue weighted by Gasteiger charge is -2.20. The van der Waals surface area contributed by atoms with Crippen molar-refractivity contribution in [3.8, 4) is 0 Å². The maximum Gasteiger partial charge on any atom is 0.416 e. The summed E-state index contributed by atoms with van der Waals surface area (Å²) in [5.41, 5.74) is 10.9. The van der Waals surface area contributed by atoms with Gasteiger partial charge in [0.05, 0.1) is 6.04 Å². The molecule has 144 valence electrons. The van der Waals surface area contributed by atoms with E-state index >= 15 is 0 Å². The van der Waals surface area contributed by atoms with Crippen LogP contribution in [-0.2, 0) is 22.4 Å². The van der Waals surface area contributed by atoms with Crippen molar-refractivity contribution >= 4 is 12.0 Å². The van der Waals surface area contributed by atoms with Gasteiger partial charge in [0.2, 0.25) is 5.91 Å². The summed E-state index contributed by atoms with van der Waals surface area (Å²) < 4.78 is 5.11. The van der Waals surface area contributed by atoms with Crippen LogP contribution in [-0.4, -0.2) is 35.6 Å². The van der Waals surface area contributed by atoms with Crippen LogP contribution < -0.4 is 0 Å². The number of carbonyl (C=O) groups excluding carboxylic acids is 2. The fourth-order valence-electron chi connectivity index (χ4n) is 3.37. The minimum absolute atomic E-state index is 0.122. The first-order valence-electron chi connectivity index (χ1n) is 9.28. The van der Waals surface area contributed by atoms with Crippen LogP contribution in [0.3, 0.4) is 0 Å². The SMILES string of the molecule is [N-]=[N+]=NC(CCC(=O)N1C(=O)OC[C@@H]1Cc1ccccc1)Cc1ccccc1. The Kier molecular flexibility index (Phi) is 6.65. The van der Waals surface area contributed by atoms with E-state index in [-0.39, 0.29) is 31.0 Å². The highest BCUT2D eigenvalue weighted by Crippen LogP contribution is 2.20. The van der Waals surface area contributed by atoms with E-state index in [0.29, 0.717) is 19.3 Å². The van der Waals surface area contributed by atoms with E-state index in [1.165, 1.54) is 4.90 Å². The zero-order chi connectivity index (χ0) is 19.8. The first-order valence-corrected chi connectivity index (χ1v) is 9.28. The summed E-state index contributed by atoms with van der Waals surface area (Å²) >= 11 is 0. The molecule has 2 amide bonds. The van der Waals surface area contributed by atoms with Gasteiger partial charge in [-0.3, -0.25) is 4.79 Å². The Bertz CT molecular complexity index is 850. The van der Waals surface area contributed by atoms with E-state index in [1.54, 1.807) is 0 Å². The molecule has 1 aliphatic heterocycles. The molecule has 1 fully saturated rings. The van der Waals surface area contributed by atoms with Crippen LogP contribution in [0.1, 0.15) is 24.0 Å². The van der Waals surface area contributed by atoms with Crippen LogP contribution in [0, 0.1) is 0 Å². The third-order valence-electron chi connectivity index (χ3n) is 4.76. The van der Waals surface area contributed by atoms with Crippen molar-refractivity contribution in [3.63, 3.8) is 0 Å². The Hall–Kier alpha value is -3.31. The average Bonchev–Trinajstić information content (AvgIpc) is 3.08. The van der Waals surface area contributed by atoms with Gasteiger partial charge in [0, 0.05) is 17.4 Å². The maximum absolute atomic E-state index is 12.7. The highest BCUT2D eigenvalue weighted by Gasteiger charge is 2.37. The molecule has 2 aromatic rings. The second kappa shape index (κ2) is 9.58. The van der Waals surface area contributed by atoms with Gasteiger partial charge in [0.1, 0.15) is 6.61 Å². The number of ether oxygens (including phenoxy) is 1. The number of hydrogen-bond donors (Lipinski definition) is 0. The van der Waals surface area contributed by atoms with Gasteiger partial charge in [-0.2, -0.15) is 0 Å². The van der Waals surface area contributed by atoms with E-state index in [1.807, 2.05) is 60.7 Å². The molecule has 0 radical (unpaired) electrons. The number of hydrogen-bond acceptors (Lipinski definition) is 4. The second-order valence-electron chi connectivity index (χ2n) is 6.77. The van der Waals surface area contributed by atoms with E-state index in [9.17, 15) is 9.59 Å². The zero-order valence-electron chi connectivity index (χ0n) is 15.5. The number of benzene rings is 2. The molecule has 2 atom stereocenters. The lowest BCUT2D eigenvalue weighted by molar-refractivity contribution is -0.129. The summed E-state index contributed by atoms with van der Waals surface area (Å²) in [6.07, 6.45) is 1.00. The standard InChI is InChI=1S/C21H22N4O3/c22-24-23-18(13-16-7-3-1-4-8-16)11-12-20(26)25-19(15-28-21(25)27)14-17-9-5-2-6-10-17/h1-10,18-19H,11-15H2/t18?,19-/m0/s1. The lowest BCUT2D eigenvalue weighted by Crippen LogP contribution is -2.40. The van der Waals surface area contributed by atoms with Crippen molar-refractivity contribution in [2.75, 3.05) is 6.61 Å². The Labute approximate surface area is 163 Å². The molecule has 0 aromatic heterocycles. The highest BCUT2D eigenvalue weighted by atomic mass is 16.6. The third kappa shape index (κ3) is 5.11. The Balaban J connectivity index is 1.61. The molecule has 28 heavy (non-hydrogen) atoms. The minimum Gasteiger partial charge on any atom is -0.447 e. The number of amides is 2. The molecule has 1 unspecified atom stereocenters. The smallest absolute Gasteiger partial charge is 0.416 e. The van der Waals surface area contributed by atoms with E-state index in [4.69, 9.17) is 10.3 Å². The first-order chi connectivity index (χ1) is 13.7. The monoisotopic (exact) mass is 378 g/mol. The molecule has 1 saturated heterocycles. The molecule has 1 heterocycles. The topological polar surface area (TPSA) is 95.4 Å². The normalized spacial score (nSPS) is 16.9. The summed E-state index contributed by atoms with van der Waals surface area (Å²) in [5, 5.41) is 3.82.